The average molecular weight is 266 g/mol. The third kappa shape index (κ3) is 1.93. The molecular weight excluding hydrogens is 249 g/mol. The molecule has 0 spiro atoms. The summed E-state index contributed by atoms with van der Waals surface area (Å²) in [5.74, 6) is 0.0899. The fraction of sp³-hybridized carbons (Fsp3) is 0.909. The summed E-state index contributed by atoms with van der Waals surface area (Å²) in [6, 6.07) is 0. The van der Waals surface area contributed by atoms with Gasteiger partial charge in [0.25, 0.3) is 0 Å². The number of hydrogen-bond acceptors (Lipinski definition) is 2. The molecule has 1 saturated carbocycles. The molecule has 0 radical (unpaired) electrons. The van der Waals surface area contributed by atoms with Crippen LogP contribution in [0.3, 0.4) is 0 Å². The molecule has 92 valence electrons. The molecule has 5 heteroatoms. The Hall–Kier alpha value is 0.01000. The van der Waals surface area contributed by atoms with Gasteiger partial charge in [0, 0.05) is 20.2 Å². The Labute approximate surface area is 106 Å². The van der Waals surface area contributed by atoms with Crippen LogP contribution >= 0.6 is 23.2 Å². The second kappa shape index (κ2) is 4.04. The van der Waals surface area contributed by atoms with Crippen LogP contribution in [0.15, 0.2) is 0 Å². The Balaban J connectivity index is 1.93. The number of ether oxygens (including phenoxy) is 1. The number of piperidine rings is 1. The number of rotatable bonds is 2. The minimum atomic E-state index is -0.859. The van der Waals surface area contributed by atoms with Gasteiger partial charge < -0.3 is 9.64 Å². The van der Waals surface area contributed by atoms with Gasteiger partial charge in [-0.05, 0) is 26.2 Å². The molecule has 0 aromatic carbocycles. The zero-order valence-electron chi connectivity index (χ0n) is 9.63. The number of carbonyl (C=O) groups excluding carboxylic acids is 1. The Morgan fingerprint density at radius 1 is 1.38 bits per heavy atom. The van der Waals surface area contributed by atoms with E-state index in [1.165, 1.54) is 0 Å². The van der Waals surface area contributed by atoms with Crippen LogP contribution in [0.25, 0.3) is 0 Å². The van der Waals surface area contributed by atoms with E-state index in [0.29, 0.717) is 6.42 Å². The molecular formula is C11H17Cl2NO2. The van der Waals surface area contributed by atoms with E-state index >= 15 is 0 Å². The van der Waals surface area contributed by atoms with E-state index < -0.39 is 9.75 Å². The van der Waals surface area contributed by atoms with Crippen molar-refractivity contribution in [3.8, 4) is 0 Å². The summed E-state index contributed by atoms with van der Waals surface area (Å²) in [5, 5.41) is 0. The summed E-state index contributed by atoms with van der Waals surface area (Å²) in [7, 11) is 1.72. The highest BCUT2D eigenvalue weighted by atomic mass is 35.5. The van der Waals surface area contributed by atoms with Gasteiger partial charge in [-0.2, -0.15) is 0 Å². The van der Waals surface area contributed by atoms with Gasteiger partial charge in [0.1, 0.15) is 4.33 Å². The van der Waals surface area contributed by atoms with Crippen molar-refractivity contribution in [2.75, 3.05) is 20.2 Å². The lowest BCUT2D eigenvalue weighted by molar-refractivity contribution is -0.138. The van der Waals surface area contributed by atoms with Crippen LogP contribution in [-0.4, -0.2) is 41.4 Å². The standard InChI is InChI=1S/C11H17Cl2NO2/c1-10(7-11(10,12)13)9(15)14-5-3-8(16-2)4-6-14/h8H,3-7H2,1-2H3. The van der Waals surface area contributed by atoms with Gasteiger partial charge in [0.15, 0.2) is 0 Å². The van der Waals surface area contributed by atoms with Crippen molar-refractivity contribution in [1.82, 2.24) is 4.90 Å². The van der Waals surface area contributed by atoms with Crippen LogP contribution in [0.2, 0.25) is 0 Å². The van der Waals surface area contributed by atoms with Gasteiger partial charge in [-0.25, -0.2) is 0 Å². The lowest BCUT2D eigenvalue weighted by Gasteiger charge is -2.33. The summed E-state index contributed by atoms with van der Waals surface area (Å²) in [5.41, 5.74) is -0.573. The maximum atomic E-state index is 12.2. The summed E-state index contributed by atoms with van der Waals surface area (Å²) < 4.78 is 4.41. The van der Waals surface area contributed by atoms with E-state index in [-0.39, 0.29) is 12.0 Å². The Morgan fingerprint density at radius 3 is 2.25 bits per heavy atom. The number of halogens is 2. The molecule has 1 amide bonds. The first-order chi connectivity index (χ1) is 7.40. The van der Waals surface area contributed by atoms with Crippen LogP contribution in [0.5, 0.6) is 0 Å². The lowest BCUT2D eigenvalue weighted by Crippen LogP contribution is -2.44. The fourth-order valence-electron chi connectivity index (χ4n) is 2.28. The second-order valence-electron chi connectivity index (χ2n) is 4.94. The smallest absolute Gasteiger partial charge is 0.231 e. The molecule has 0 bridgehead atoms. The molecule has 1 heterocycles. The number of alkyl halides is 2. The molecule has 2 rings (SSSR count). The quantitative estimate of drug-likeness (QED) is 0.717. The van der Waals surface area contributed by atoms with E-state index in [9.17, 15) is 4.79 Å². The number of likely N-dealkylation sites (tertiary alicyclic amines) is 1. The van der Waals surface area contributed by atoms with Crippen molar-refractivity contribution >= 4 is 29.1 Å². The molecule has 2 aliphatic rings. The third-order valence-electron chi connectivity index (χ3n) is 3.79. The van der Waals surface area contributed by atoms with E-state index in [2.05, 4.69) is 0 Å². The van der Waals surface area contributed by atoms with E-state index in [1.54, 1.807) is 7.11 Å². The molecule has 1 unspecified atom stereocenters. The highest BCUT2D eigenvalue weighted by Crippen LogP contribution is 2.64. The number of nitrogens with zero attached hydrogens (tertiary/aromatic N) is 1. The third-order valence-corrected chi connectivity index (χ3v) is 4.89. The number of carbonyl (C=O) groups is 1. The molecule has 0 N–H and O–H groups in total. The maximum Gasteiger partial charge on any atom is 0.231 e. The predicted molar refractivity (Wildman–Crippen MR) is 63.8 cm³/mol. The Bertz CT molecular complexity index is 300. The van der Waals surface area contributed by atoms with Crippen molar-refractivity contribution in [3.63, 3.8) is 0 Å². The van der Waals surface area contributed by atoms with Crippen LogP contribution in [-0.2, 0) is 9.53 Å². The lowest BCUT2D eigenvalue weighted by atomic mass is 10.0. The second-order valence-corrected chi connectivity index (χ2v) is 6.42. The van der Waals surface area contributed by atoms with Gasteiger partial charge in [-0.15, -0.1) is 23.2 Å². The van der Waals surface area contributed by atoms with Gasteiger partial charge in [0.2, 0.25) is 5.91 Å². The predicted octanol–water partition coefficient (Wildman–Crippen LogP) is 2.21. The SMILES string of the molecule is COC1CCN(C(=O)C2(C)CC2(Cl)Cl)CC1. The van der Waals surface area contributed by atoms with Crippen molar-refractivity contribution in [3.05, 3.63) is 0 Å². The van der Waals surface area contributed by atoms with Crippen LogP contribution in [0, 0.1) is 5.41 Å². The highest BCUT2D eigenvalue weighted by molar-refractivity contribution is 6.53. The van der Waals surface area contributed by atoms with E-state index in [0.717, 1.165) is 25.9 Å². The highest BCUT2D eigenvalue weighted by Gasteiger charge is 2.68. The van der Waals surface area contributed by atoms with Gasteiger partial charge in [-0.3, -0.25) is 4.79 Å². The minimum Gasteiger partial charge on any atom is -0.381 e. The van der Waals surface area contributed by atoms with Crippen LogP contribution in [0.1, 0.15) is 26.2 Å². The summed E-state index contributed by atoms with van der Waals surface area (Å²) in [4.78, 5) is 14.1. The van der Waals surface area contributed by atoms with Crippen LogP contribution in [0.4, 0.5) is 0 Å². The van der Waals surface area contributed by atoms with Crippen molar-refractivity contribution in [2.45, 2.75) is 36.6 Å². The zero-order valence-corrected chi connectivity index (χ0v) is 11.1. The number of amides is 1. The first-order valence-corrected chi connectivity index (χ1v) is 6.36. The zero-order chi connectivity index (χ0) is 12.0. The van der Waals surface area contributed by atoms with Gasteiger partial charge in [0.05, 0.1) is 11.5 Å². The largest absolute Gasteiger partial charge is 0.381 e. The van der Waals surface area contributed by atoms with E-state index in [1.807, 2.05) is 11.8 Å². The minimum absolute atomic E-state index is 0.0899. The molecule has 2 fully saturated rings. The Kier molecular flexibility index (Phi) is 3.15. The first kappa shape index (κ1) is 12.5. The molecule has 3 nitrogen and oxygen atoms in total. The number of hydrogen-bond donors (Lipinski definition) is 0. The topological polar surface area (TPSA) is 29.5 Å². The van der Waals surface area contributed by atoms with Crippen LogP contribution < -0.4 is 0 Å². The fourth-order valence-corrected chi connectivity index (χ4v) is 2.97. The monoisotopic (exact) mass is 265 g/mol. The summed E-state index contributed by atoms with van der Waals surface area (Å²) in [6.45, 7) is 3.34. The first-order valence-electron chi connectivity index (χ1n) is 5.61. The normalized spacial score (nSPS) is 33.9. The molecule has 1 aliphatic heterocycles. The van der Waals surface area contributed by atoms with Crippen molar-refractivity contribution < 1.29 is 9.53 Å². The molecule has 0 aromatic heterocycles. The average Bonchev–Trinajstić information content (AvgIpc) is 2.79. The molecule has 1 aliphatic carbocycles. The van der Waals surface area contributed by atoms with E-state index in [4.69, 9.17) is 27.9 Å². The molecule has 0 aromatic rings. The Morgan fingerprint density at radius 2 is 1.88 bits per heavy atom. The summed E-state index contributed by atoms with van der Waals surface area (Å²) in [6.07, 6.45) is 2.64. The van der Waals surface area contributed by atoms with Gasteiger partial charge >= 0.3 is 0 Å². The molecule has 1 atom stereocenters. The number of methoxy groups -OCH3 is 1. The van der Waals surface area contributed by atoms with Crippen molar-refractivity contribution in [1.29, 1.82) is 0 Å². The van der Waals surface area contributed by atoms with Gasteiger partial charge in [-0.1, -0.05) is 0 Å². The summed E-state index contributed by atoms with van der Waals surface area (Å²) >= 11 is 12.0. The molecule has 1 saturated heterocycles. The maximum absolute atomic E-state index is 12.2. The van der Waals surface area contributed by atoms with Crippen molar-refractivity contribution in [2.24, 2.45) is 5.41 Å². The molecule has 16 heavy (non-hydrogen) atoms.